The van der Waals surface area contributed by atoms with Crippen molar-refractivity contribution in [2.45, 2.75) is 60.1 Å². The van der Waals surface area contributed by atoms with Crippen molar-refractivity contribution in [1.29, 1.82) is 0 Å². The lowest BCUT2D eigenvalue weighted by Gasteiger charge is -2.37. The highest BCUT2D eigenvalue weighted by molar-refractivity contribution is 7.80. The van der Waals surface area contributed by atoms with Crippen LogP contribution in [0.15, 0.2) is 52.7 Å². The molecule has 1 N–H and O–H groups in total. The van der Waals surface area contributed by atoms with Gasteiger partial charge < -0.3 is 19.5 Å². The van der Waals surface area contributed by atoms with Crippen LogP contribution in [0.5, 0.6) is 0 Å². The summed E-state index contributed by atoms with van der Waals surface area (Å²) in [4.78, 5) is 6.92. The van der Waals surface area contributed by atoms with Gasteiger partial charge in [0.1, 0.15) is 0 Å². The van der Waals surface area contributed by atoms with Gasteiger partial charge in [0.25, 0.3) is 5.89 Å². The van der Waals surface area contributed by atoms with E-state index in [1.807, 2.05) is 26.0 Å². The lowest BCUT2D eigenvalue weighted by Crippen LogP contribution is -2.46. The van der Waals surface area contributed by atoms with Crippen LogP contribution in [0, 0.1) is 20.8 Å². The van der Waals surface area contributed by atoms with E-state index in [1.165, 1.54) is 16.7 Å². The molecule has 35 heavy (non-hydrogen) atoms. The zero-order valence-electron chi connectivity index (χ0n) is 21.4. The molecule has 0 fully saturated rings. The van der Waals surface area contributed by atoms with Crippen molar-refractivity contribution < 1.29 is 9.26 Å². The normalized spacial score (nSPS) is 16.3. The molecule has 6 nitrogen and oxygen atoms in total. The molecule has 0 bridgehead atoms. The predicted molar refractivity (Wildman–Crippen MR) is 144 cm³/mol. The Morgan fingerprint density at radius 1 is 1.06 bits per heavy atom. The van der Waals surface area contributed by atoms with E-state index in [0.717, 1.165) is 35.4 Å². The van der Waals surface area contributed by atoms with Crippen molar-refractivity contribution >= 4 is 22.9 Å². The van der Waals surface area contributed by atoms with Crippen LogP contribution < -0.4 is 5.32 Å². The van der Waals surface area contributed by atoms with Crippen molar-refractivity contribution in [3.05, 3.63) is 76.3 Å². The van der Waals surface area contributed by atoms with Crippen molar-refractivity contribution in [2.75, 3.05) is 13.2 Å². The van der Waals surface area contributed by atoms with Crippen molar-refractivity contribution in [1.82, 2.24) is 20.4 Å². The number of aromatic nitrogens is 2. The molecule has 0 saturated carbocycles. The van der Waals surface area contributed by atoms with Crippen LogP contribution in [0.25, 0.3) is 17.0 Å². The van der Waals surface area contributed by atoms with Crippen LogP contribution in [0.4, 0.5) is 0 Å². The highest BCUT2D eigenvalue weighted by Gasteiger charge is 2.34. The van der Waals surface area contributed by atoms with Gasteiger partial charge in [-0.05, 0) is 76.9 Å². The summed E-state index contributed by atoms with van der Waals surface area (Å²) in [5.74, 6) is 1.07. The Morgan fingerprint density at radius 3 is 2.49 bits per heavy atom. The van der Waals surface area contributed by atoms with Crippen molar-refractivity contribution in [3.63, 3.8) is 0 Å². The molecule has 0 radical (unpaired) electrons. The monoisotopic (exact) mass is 490 g/mol. The van der Waals surface area contributed by atoms with Crippen LogP contribution in [-0.4, -0.2) is 39.4 Å². The fraction of sp³-hybridized carbons (Fsp3) is 0.393. The quantitative estimate of drug-likeness (QED) is 0.301. The summed E-state index contributed by atoms with van der Waals surface area (Å²) < 4.78 is 11.6. The molecule has 0 spiro atoms. The third kappa shape index (κ3) is 5.63. The molecule has 1 unspecified atom stereocenters. The number of aryl methyl sites for hydroxylation is 3. The molecule has 7 heteroatoms. The Kier molecular flexibility index (Phi) is 7.67. The molecule has 4 rings (SSSR count). The molecule has 3 aromatic rings. The lowest BCUT2D eigenvalue weighted by molar-refractivity contribution is 0.0749. The summed E-state index contributed by atoms with van der Waals surface area (Å²) in [6.07, 6.45) is 1.07. The van der Waals surface area contributed by atoms with Crippen LogP contribution in [0.2, 0.25) is 0 Å². The zero-order chi connectivity index (χ0) is 25.1. The highest BCUT2D eigenvalue weighted by Crippen LogP contribution is 2.38. The first kappa shape index (κ1) is 25.1. The smallest absolute Gasteiger partial charge is 0.258 e. The minimum atomic E-state index is -0.184. The summed E-state index contributed by atoms with van der Waals surface area (Å²) in [6.45, 7) is 13.9. The van der Waals surface area contributed by atoms with Gasteiger partial charge in [-0.25, -0.2) is 0 Å². The number of rotatable bonds is 8. The van der Waals surface area contributed by atoms with E-state index in [-0.39, 0.29) is 12.1 Å². The summed E-state index contributed by atoms with van der Waals surface area (Å²) >= 11 is 5.81. The van der Waals surface area contributed by atoms with Gasteiger partial charge in [0.05, 0.1) is 17.7 Å². The first-order chi connectivity index (χ1) is 16.7. The summed E-state index contributed by atoms with van der Waals surface area (Å²) in [7, 11) is 0. The van der Waals surface area contributed by atoms with Crippen LogP contribution in [-0.2, 0) is 4.74 Å². The van der Waals surface area contributed by atoms with Crippen molar-refractivity contribution in [2.24, 2.45) is 0 Å². The van der Waals surface area contributed by atoms with Gasteiger partial charge in [0.15, 0.2) is 5.11 Å². The number of benzene rings is 2. The maximum atomic E-state index is 5.85. The number of thiocarbonyl (C=S) groups is 1. The number of ether oxygens (including phenoxy) is 1. The second-order valence-corrected chi connectivity index (χ2v) is 9.83. The Balaban J connectivity index is 1.73. The van der Waals surface area contributed by atoms with Gasteiger partial charge in [-0.1, -0.05) is 53.2 Å². The van der Waals surface area contributed by atoms with Crippen LogP contribution >= 0.6 is 12.2 Å². The number of nitrogens with one attached hydrogen (secondary N) is 1. The maximum absolute atomic E-state index is 5.85. The zero-order valence-corrected chi connectivity index (χ0v) is 22.2. The van der Waals surface area contributed by atoms with Crippen LogP contribution in [0.3, 0.4) is 0 Å². The molecular weight excluding hydrogens is 456 g/mol. The van der Waals surface area contributed by atoms with Gasteiger partial charge in [-0.15, -0.1) is 0 Å². The molecular formula is C28H34N4O2S. The fourth-order valence-corrected chi connectivity index (χ4v) is 4.56. The molecule has 1 aromatic heterocycles. The third-order valence-electron chi connectivity index (χ3n) is 6.40. The highest BCUT2D eigenvalue weighted by atomic mass is 32.1. The largest absolute Gasteiger partial charge is 0.379 e. The average molecular weight is 491 g/mol. The Bertz CT molecular complexity index is 1230. The van der Waals surface area contributed by atoms with Gasteiger partial charge in [0.2, 0.25) is 5.82 Å². The Hall–Kier alpha value is -3.03. The van der Waals surface area contributed by atoms with E-state index < -0.39 is 0 Å². The molecule has 0 saturated heterocycles. The molecule has 0 aliphatic carbocycles. The predicted octanol–water partition coefficient (Wildman–Crippen LogP) is 6.14. The maximum Gasteiger partial charge on any atom is 0.258 e. The first-order valence-corrected chi connectivity index (χ1v) is 12.5. The van der Waals surface area contributed by atoms with Gasteiger partial charge in [-0.3, -0.25) is 0 Å². The summed E-state index contributed by atoms with van der Waals surface area (Å²) in [6, 6.07) is 14.4. The summed E-state index contributed by atoms with van der Waals surface area (Å²) in [5, 5.41) is 8.54. The lowest BCUT2D eigenvalue weighted by atomic mass is 9.92. The molecule has 1 atom stereocenters. The number of allylic oxidation sites excluding steroid dienone is 1. The molecule has 1 aliphatic rings. The second-order valence-electron chi connectivity index (χ2n) is 9.44. The van der Waals surface area contributed by atoms with E-state index in [4.69, 9.17) is 26.5 Å². The van der Waals surface area contributed by atoms with Gasteiger partial charge >= 0.3 is 0 Å². The van der Waals surface area contributed by atoms with E-state index in [1.54, 1.807) is 0 Å². The second kappa shape index (κ2) is 10.7. The van der Waals surface area contributed by atoms with E-state index in [0.29, 0.717) is 23.4 Å². The number of hydrogen-bond acceptors (Lipinski definition) is 5. The molecule has 184 valence electrons. The minimum Gasteiger partial charge on any atom is -0.379 e. The average Bonchev–Trinajstić information content (AvgIpc) is 3.30. The fourth-order valence-electron chi connectivity index (χ4n) is 4.22. The number of nitrogens with zero attached hydrogens (tertiary/aromatic N) is 3. The SMILES string of the molecule is CC1=C(c2nc(-c3ccc(C)cc3)no2)C(c2ccc(C)c(C)c2)NC(=S)N1CCCOC(C)C. The number of hydrogen-bond donors (Lipinski definition) is 1. The third-order valence-corrected chi connectivity index (χ3v) is 6.74. The minimum absolute atomic E-state index is 0.184. The Morgan fingerprint density at radius 2 is 1.80 bits per heavy atom. The molecule has 0 amide bonds. The molecule has 2 aromatic carbocycles. The Labute approximate surface area is 213 Å². The van der Waals surface area contributed by atoms with Crippen molar-refractivity contribution in [3.8, 4) is 11.4 Å². The van der Waals surface area contributed by atoms with Crippen LogP contribution in [0.1, 0.15) is 61.4 Å². The first-order valence-electron chi connectivity index (χ1n) is 12.1. The van der Waals surface area contributed by atoms with E-state index in [9.17, 15) is 0 Å². The standard InChI is InChI=1S/C28H34N4O2S/c1-17(2)33-15-7-14-32-21(6)24(25(29-28(32)35)23-13-10-19(4)20(5)16-23)27-30-26(31-34-27)22-11-8-18(3)9-12-22/h8-13,16-17,25H,7,14-15H2,1-6H3,(H,29,35). The topological polar surface area (TPSA) is 63.4 Å². The van der Waals surface area contributed by atoms with E-state index >= 15 is 0 Å². The molecule has 1 aliphatic heterocycles. The molecule has 2 heterocycles. The summed E-state index contributed by atoms with van der Waals surface area (Å²) in [5.41, 5.74) is 7.66. The van der Waals surface area contributed by atoms with Gasteiger partial charge in [0, 0.05) is 24.4 Å². The van der Waals surface area contributed by atoms with Gasteiger partial charge in [-0.2, -0.15) is 4.98 Å². The van der Waals surface area contributed by atoms with E-state index in [2.05, 4.69) is 73.4 Å².